The van der Waals surface area contributed by atoms with Crippen LogP contribution in [0.3, 0.4) is 0 Å². The van der Waals surface area contributed by atoms with Gasteiger partial charge in [-0.1, -0.05) is 18.2 Å². The molecule has 2 N–H and O–H groups in total. The Kier molecular flexibility index (Phi) is 5.73. The molecule has 0 amide bonds. The largest absolute Gasteiger partial charge is 0.475 e. The van der Waals surface area contributed by atoms with Gasteiger partial charge in [0.15, 0.2) is 0 Å². The van der Waals surface area contributed by atoms with Crippen LogP contribution < -0.4 is 10.5 Å². The van der Waals surface area contributed by atoms with Gasteiger partial charge < -0.3 is 19.9 Å². The molecule has 1 heterocycles. The zero-order chi connectivity index (χ0) is 14.2. The average Bonchev–Trinajstić information content (AvgIpc) is 2.50. The molecule has 1 aromatic carbocycles. The molecule has 0 aliphatic rings. The van der Waals surface area contributed by atoms with Gasteiger partial charge in [0.2, 0.25) is 5.88 Å². The molecule has 20 heavy (non-hydrogen) atoms. The summed E-state index contributed by atoms with van der Waals surface area (Å²) in [5.41, 5.74) is 6.48. The first-order valence-electron chi connectivity index (χ1n) is 6.63. The number of aromatic nitrogens is 1. The third-order valence-electron chi connectivity index (χ3n) is 2.87. The summed E-state index contributed by atoms with van der Waals surface area (Å²) < 4.78 is 16.0. The molecule has 0 aliphatic carbocycles. The molecule has 2 aromatic rings. The predicted octanol–water partition coefficient (Wildman–Crippen LogP) is 1.74. The number of hydrogen-bond donors (Lipinski definition) is 1. The lowest BCUT2D eigenvalue weighted by atomic mass is 10.1. The molecular weight excluding hydrogens is 256 g/mol. The molecule has 5 nitrogen and oxygen atoms in total. The zero-order valence-corrected chi connectivity index (χ0v) is 11.7. The Labute approximate surface area is 118 Å². The van der Waals surface area contributed by atoms with Crippen LogP contribution in [-0.2, 0) is 16.0 Å². The minimum atomic E-state index is 0.394. The number of fused-ring (bicyclic) bond motifs is 1. The van der Waals surface area contributed by atoms with E-state index in [1.165, 1.54) is 0 Å². The lowest BCUT2D eigenvalue weighted by molar-refractivity contribution is 0.0539. The Balaban J connectivity index is 2.01. The van der Waals surface area contributed by atoms with E-state index in [2.05, 4.69) is 4.98 Å². The molecule has 1 aromatic heterocycles. The summed E-state index contributed by atoms with van der Waals surface area (Å²) in [6, 6.07) is 9.95. The van der Waals surface area contributed by atoms with Crippen molar-refractivity contribution in [2.24, 2.45) is 5.73 Å². The van der Waals surface area contributed by atoms with E-state index in [4.69, 9.17) is 19.9 Å². The topological polar surface area (TPSA) is 66.6 Å². The van der Waals surface area contributed by atoms with Gasteiger partial charge in [-0.15, -0.1) is 0 Å². The number of nitrogens with zero attached hydrogens (tertiary/aromatic N) is 1. The Morgan fingerprint density at radius 2 is 1.90 bits per heavy atom. The number of benzene rings is 1. The van der Waals surface area contributed by atoms with Crippen molar-refractivity contribution in [3.05, 3.63) is 36.0 Å². The third-order valence-corrected chi connectivity index (χ3v) is 2.87. The summed E-state index contributed by atoms with van der Waals surface area (Å²) in [5, 5.41) is 2.07. The maximum atomic E-state index is 5.71. The lowest BCUT2D eigenvalue weighted by Crippen LogP contribution is -2.11. The van der Waals surface area contributed by atoms with Gasteiger partial charge in [-0.25, -0.2) is 4.98 Å². The highest BCUT2D eigenvalue weighted by Gasteiger charge is 2.06. The molecule has 0 radical (unpaired) electrons. The van der Waals surface area contributed by atoms with Crippen molar-refractivity contribution < 1.29 is 14.2 Å². The second-order valence-corrected chi connectivity index (χ2v) is 4.30. The van der Waals surface area contributed by atoms with Crippen LogP contribution in [-0.4, -0.2) is 38.5 Å². The Morgan fingerprint density at radius 3 is 2.70 bits per heavy atom. The van der Waals surface area contributed by atoms with Crippen molar-refractivity contribution in [3.8, 4) is 5.88 Å². The fraction of sp³-hybridized carbons (Fsp3) is 0.400. The minimum absolute atomic E-state index is 0.394. The Hall–Kier alpha value is -1.69. The quantitative estimate of drug-likeness (QED) is 0.744. The first-order valence-corrected chi connectivity index (χ1v) is 6.63. The van der Waals surface area contributed by atoms with Crippen molar-refractivity contribution in [1.82, 2.24) is 4.98 Å². The van der Waals surface area contributed by atoms with Crippen LogP contribution in [0.4, 0.5) is 0 Å². The van der Waals surface area contributed by atoms with Gasteiger partial charge in [0, 0.05) is 19.0 Å². The highest BCUT2D eigenvalue weighted by molar-refractivity contribution is 5.87. The van der Waals surface area contributed by atoms with Crippen LogP contribution in [0, 0.1) is 0 Å². The van der Waals surface area contributed by atoms with E-state index in [0.717, 1.165) is 16.5 Å². The monoisotopic (exact) mass is 276 g/mol. The first kappa shape index (κ1) is 14.7. The van der Waals surface area contributed by atoms with E-state index >= 15 is 0 Å². The van der Waals surface area contributed by atoms with Crippen LogP contribution in [0.1, 0.15) is 5.69 Å². The smallest absolute Gasteiger partial charge is 0.221 e. The summed E-state index contributed by atoms with van der Waals surface area (Å²) in [5.74, 6) is 0.610. The molecular formula is C15H20N2O3. The molecule has 0 bridgehead atoms. The Morgan fingerprint density at radius 1 is 1.10 bits per heavy atom. The third kappa shape index (κ3) is 3.90. The van der Waals surface area contributed by atoms with Gasteiger partial charge in [-0.05, 0) is 17.5 Å². The SMILES string of the molecule is COCCOCCOc1nc(CN)cc2ccccc12. The molecule has 0 saturated heterocycles. The van der Waals surface area contributed by atoms with Crippen molar-refractivity contribution in [3.63, 3.8) is 0 Å². The van der Waals surface area contributed by atoms with Gasteiger partial charge >= 0.3 is 0 Å². The van der Waals surface area contributed by atoms with Crippen molar-refractivity contribution in [1.29, 1.82) is 0 Å². The first-order chi connectivity index (χ1) is 9.85. The minimum Gasteiger partial charge on any atom is -0.475 e. The lowest BCUT2D eigenvalue weighted by Gasteiger charge is -2.10. The number of pyridine rings is 1. The summed E-state index contributed by atoms with van der Waals surface area (Å²) in [6.07, 6.45) is 0. The van der Waals surface area contributed by atoms with E-state index in [-0.39, 0.29) is 0 Å². The zero-order valence-electron chi connectivity index (χ0n) is 11.7. The molecule has 0 spiro atoms. The van der Waals surface area contributed by atoms with E-state index in [1.807, 2.05) is 30.3 Å². The second kappa shape index (κ2) is 7.79. The number of nitrogens with two attached hydrogens (primary N) is 1. The van der Waals surface area contributed by atoms with Gasteiger partial charge in [-0.2, -0.15) is 0 Å². The summed E-state index contributed by atoms with van der Waals surface area (Å²) in [4.78, 5) is 4.43. The molecule has 0 fully saturated rings. The van der Waals surface area contributed by atoms with Crippen molar-refractivity contribution in [2.75, 3.05) is 33.5 Å². The normalized spacial score (nSPS) is 10.9. The van der Waals surface area contributed by atoms with E-state index in [0.29, 0.717) is 38.9 Å². The summed E-state index contributed by atoms with van der Waals surface area (Å²) in [7, 11) is 1.65. The number of hydrogen-bond acceptors (Lipinski definition) is 5. The second-order valence-electron chi connectivity index (χ2n) is 4.30. The van der Waals surface area contributed by atoms with Crippen LogP contribution in [0.2, 0.25) is 0 Å². The fourth-order valence-electron chi connectivity index (χ4n) is 1.88. The maximum absolute atomic E-state index is 5.71. The summed E-state index contributed by atoms with van der Waals surface area (Å²) in [6.45, 7) is 2.51. The highest BCUT2D eigenvalue weighted by atomic mass is 16.5. The van der Waals surface area contributed by atoms with Gasteiger partial charge in [0.1, 0.15) is 6.61 Å². The molecule has 0 atom stereocenters. The van der Waals surface area contributed by atoms with Crippen LogP contribution in [0.5, 0.6) is 5.88 Å². The van der Waals surface area contributed by atoms with Gasteiger partial charge in [-0.3, -0.25) is 0 Å². The van der Waals surface area contributed by atoms with Crippen LogP contribution in [0.15, 0.2) is 30.3 Å². The Bertz CT molecular complexity index is 546. The fourth-order valence-corrected chi connectivity index (χ4v) is 1.88. The number of methoxy groups -OCH3 is 1. The molecule has 0 saturated carbocycles. The number of rotatable bonds is 8. The summed E-state index contributed by atoms with van der Waals surface area (Å²) >= 11 is 0. The van der Waals surface area contributed by atoms with E-state index in [9.17, 15) is 0 Å². The van der Waals surface area contributed by atoms with E-state index in [1.54, 1.807) is 7.11 Å². The average molecular weight is 276 g/mol. The van der Waals surface area contributed by atoms with Crippen LogP contribution in [0.25, 0.3) is 10.8 Å². The van der Waals surface area contributed by atoms with E-state index < -0.39 is 0 Å². The highest BCUT2D eigenvalue weighted by Crippen LogP contribution is 2.24. The molecule has 0 unspecified atom stereocenters. The molecule has 2 rings (SSSR count). The van der Waals surface area contributed by atoms with Crippen molar-refractivity contribution >= 4 is 10.8 Å². The van der Waals surface area contributed by atoms with Gasteiger partial charge in [0.25, 0.3) is 0 Å². The molecule has 5 heteroatoms. The molecule has 0 aliphatic heterocycles. The van der Waals surface area contributed by atoms with Crippen molar-refractivity contribution in [2.45, 2.75) is 6.54 Å². The standard InChI is InChI=1S/C15H20N2O3/c1-18-6-7-19-8-9-20-15-14-5-3-2-4-12(14)10-13(11-16)17-15/h2-5,10H,6-9,11,16H2,1H3. The maximum Gasteiger partial charge on any atom is 0.221 e. The number of ether oxygens (including phenoxy) is 3. The predicted molar refractivity (Wildman–Crippen MR) is 77.8 cm³/mol. The molecule has 108 valence electrons. The van der Waals surface area contributed by atoms with Crippen LogP contribution >= 0.6 is 0 Å². The van der Waals surface area contributed by atoms with Gasteiger partial charge in [0.05, 0.1) is 25.5 Å².